The first-order valence-corrected chi connectivity index (χ1v) is 12.2. The largest absolute Gasteiger partial charge is 0.507 e. The summed E-state index contributed by atoms with van der Waals surface area (Å²) in [5.74, 6) is 0.215. The SMILES string of the molecule is CC(Cc1ccc(O)c(Br)c1)C(=O)N1CCN(C2CCN(S(N)(=O)=O)CC2)CC1. The Morgan fingerprint density at radius 3 is 2.38 bits per heavy atom. The van der Waals surface area contributed by atoms with Gasteiger partial charge in [-0.05, 0) is 52.9 Å². The predicted molar refractivity (Wildman–Crippen MR) is 115 cm³/mol. The van der Waals surface area contributed by atoms with Gasteiger partial charge >= 0.3 is 0 Å². The molecule has 2 heterocycles. The third-order valence-electron chi connectivity index (χ3n) is 5.90. The van der Waals surface area contributed by atoms with Crippen LogP contribution in [0.15, 0.2) is 22.7 Å². The van der Waals surface area contributed by atoms with Gasteiger partial charge in [0.2, 0.25) is 5.91 Å². The molecule has 8 nitrogen and oxygen atoms in total. The first-order chi connectivity index (χ1) is 13.6. The molecular formula is C19H29BrN4O4S. The molecule has 2 saturated heterocycles. The average molecular weight is 489 g/mol. The highest BCUT2D eigenvalue weighted by Gasteiger charge is 2.32. The number of hydrogen-bond donors (Lipinski definition) is 2. The van der Waals surface area contributed by atoms with Crippen LogP contribution < -0.4 is 5.14 Å². The van der Waals surface area contributed by atoms with Crippen molar-refractivity contribution in [1.82, 2.24) is 14.1 Å². The molecular weight excluding hydrogens is 460 g/mol. The molecule has 162 valence electrons. The molecule has 1 amide bonds. The highest BCUT2D eigenvalue weighted by atomic mass is 79.9. The fraction of sp³-hybridized carbons (Fsp3) is 0.632. The Hall–Kier alpha value is -1.20. The normalized spacial score (nSPS) is 21.3. The quantitative estimate of drug-likeness (QED) is 0.646. The van der Waals surface area contributed by atoms with Crippen molar-refractivity contribution in [2.24, 2.45) is 11.1 Å². The molecule has 0 saturated carbocycles. The van der Waals surface area contributed by atoms with Crippen molar-refractivity contribution in [3.05, 3.63) is 28.2 Å². The van der Waals surface area contributed by atoms with Crippen LogP contribution in [-0.4, -0.2) is 78.8 Å². The van der Waals surface area contributed by atoms with E-state index >= 15 is 0 Å². The van der Waals surface area contributed by atoms with E-state index in [-0.39, 0.29) is 17.6 Å². The van der Waals surface area contributed by atoms with E-state index in [0.717, 1.165) is 31.5 Å². The minimum Gasteiger partial charge on any atom is -0.507 e. The van der Waals surface area contributed by atoms with E-state index in [1.807, 2.05) is 24.0 Å². The second kappa shape index (κ2) is 9.30. The van der Waals surface area contributed by atoms with Crippen molar-refractivity contribution >= 4 is 32.0 Å². The van der Waals surface area contributed by atoms with Crippen molar-refractivity contribution in [1.29, 1.82) is 0 Å². The van der Waals surface area contributed by atoms with Gasteiger partial charge in [0, 0.05) is 51.2 Å². The number of hydrogen-bond acceptors (Lipinski definition) is 5. The van der Waals surface area contributed by atoms with Crippen molar-refractivity contribution in [3.8, 4) is 5.75 Å². The van der Waals surface area contributed by atoms with Gasteiger partial charge in [-0.3, -0.25) is 9.69 Å². The summed E-state index contributed by atoms with van der Waals surface area (Å²) < 4.78 is 24.9. The zero-order valence-corrected chi connectivity index (χ0v) is 19.0. The summed E-state index contributed by atoms with van der Waals surface area (Å²) in [6.45, 7) is 5.87. The van der Waals surface area contributed by atoms with Crippen LogP contribution in [0.1, 0.15) is 25.3 Å². The van der Waals surface area contributed by atoms with Crippen LogP contribution in [0.4, 0.5) is 0 Å². The number of aromatic hydroxyl groups is 1. The maximum Gasteiger partial charge on any atom is 0.276 e. The number of piperazine rings is 1. The van der Waals surface area contributed by atoms with Gasteiger partial charge in [-0.15, -0.1) is 0 Å². The van der Waals surface area contributed by atoms with Gasteiger partial charge < -0.3 is 10.0 Å². The Balaban J connectivity index is 1.47. The lowest BCUT2D eigenvalue weighted by molar-refractivity contribution is -0.137. The van der Waals surface area contributed by atoms with Crippen LogP contribution in [0, 0.1) is 5.92 Å². The van der Waals surface area contributed by atoms with Gasteiger partial charge in [-0.2, -0.15) is 12.7 Å². The molecule has 0 aliphatic carbocycles. The van der Waals surface area contributed by atoms with E-state index in [1.165, 1.54) is 4.31 Å². The molecule has 1 aromatic carbocycles. The molecule has 3 N–H and O–H groups in total. The van der Waals surface area contributed by atoms with Gasteiger partial charge in [0.25, 0.3) is 10.2 Å². The number of phenols is 1. The number of carbonyl (C=O) groups excluding carboxylic acids is 1. The summed E-state index contributed by atoms with van der Waals surface area (Å²) in [5.41, 5.74) is 1.01. The van der Waals surface area contributed by atoms with Crippen LogP contribution in [0.5, 0.6) is 5.75 Å². The third kappa shape index (κ3) is 5.69. The Morgan fingerprint density at radius 1 is 1.21 bits per heavy atom. The minimum absolute atomic E-state index is 0.129. The Bertz CT molecular complexity index is 835. The number of nitrogens with two attached hydrogens (primary N) is 1. The van der Waals surface area contributed by atoms with E-state index in [0.29, 0.717) is 43.1 Å². The fourth-order valence-electron chi connectivity index (χ4n) is 4.20. The Labute approximate surface area is 181 Å². The molecule has 29 heavy (non-hydrogen) atoms. The first kappa shape index (κ1) is 22.5. The zero-order chi connectivity index (χ0) is 21.2. The van der Waals surface area contributed by atoms with Gasteiger partial charge in [0.05, 0.1) is 4.47 Å². The second-order valence-corrected chi connectivity index (χ2v) is 10.3. The molecule has 2 aliphatic rings. The molecule has 3 rings (SSSR count). The molecule has 10 heteroatoms. The van der Waals surface area contributed by atoms with Gasteiger partial charge in [-0.1, -0.05) is 13.0 Å². The summed E-state index contributed by atoms with van der Waals surface area (Å²) in [7, 11) is -3.60. The van der Waals surface area contributed by atoms with E-state index in [9.17, 15) is 18.3 Å². The van der Waals surface area contributed by atoms with E-state index in [2.05, 4.69) is 20.8 Å². The average Bonchev–Trinajstić information content (AvgIpc) is 2.70. The monoisotopic (exact) mass is 488 g/mol. The van der Waals surface area contributed by atoms with Crippen molar-refractivity contribution in [2.75, 3.05) is 39.3 Å². The van der Waals surface area contributed by atoms with Crippen LogP contribution in [0.3, 0.4) is 0 Å². The maximum absolute atomic E-state index is 12.8. The lowest BCUT2D eigenvalue weighted by atomic mass is 9.99. The highest BCUT2D eigenvalue weighted by Crippen LogP contribution is 2.26. The minimum atomic E-state index is -3.60. The molecule has 1 aromatic rings. The smallest absolute Gasteiger partial charge is 0.276 e. The van der Waals surface area contributed by atoms with E-state index in [1.54, 1.807) is 6.07 Å². The lowest BCUT2D eigenvalue weighted by Gasteiger charge is -2.42. The summed E-state index contributed by atoms with van der Waals surface area (Å²) in [5, 5.41) is 14.8. The summed E-state index contributed by atoms with van der Waals surface area (Å²) in [6, 6.07) is 5.68. The Morgan fingerprint density at radius 2 is 1.83 bits per heavy atom. The number of halogens is 1. The van der Waals surface area contributed by atoms with Crippen LogP contribution >= 0.6 is 15.9 Å². The van der Waals surface area contributed by atoms with Crippen molar-refractivity contribution in [3.63, 3.8) is 0 Å². The maximum atomic E-state index is 12.8. The topological polar surface area (TPSA) is 107 Å². The van der Waals surface area contributed by atoms with Crippen LogP contribution in [0.25, 0.3) is 0 Å². The first-order valence-electron chi connectivity index (χ1n) is 9.93. The molecule has 2 aliphatic heterocycles. The van der Waals surface area contributed by atoms with Gasteiger partial charge in [-0.25, -0.2) is 5.14 Å². The molecule has 2 fully saturated rings. The number of nitrogens with zero attached hydrogens (tertiary/aromatic N) is 3. The van der Waals surface area contributed by atoms with Crippen molar-refractivity contribution in [2.45, 2.75) is 32.2 Å². The Kier molecular flexibility index (Phi) is 7.21. The molecule has 0 spiro atoms. The van der Waals surface area contributed by atoms with Crippen LogP contribution in [-0.2, 0) is 21.4 Å². The molecule has 0 aromatic heterocycles. The number of amides is 1. The summed E-state index contributed by atoms with van der Waals surface area (Å²) in [4.78, 5) is 17.1. The number of rotatable bonds is 5. The number of phenolic OH excluding ortho intramolecular Hbond substituents is 1. The molecule has 1 atom stereocenters. The highest BCUT2D eigenvalue weighted by molar-refractivity contribution is 9.10. The summed E-state index contributed by atoms with van der Waals surface area (Å²) >= 11 is 3.31. The predicted octanol–water partition coefficient (Wildman–Crippen LogP) is 1.15. The zero-order valence-electron chi connectivity index (χ0n) is 16.6. The number of piperidine rings is 1. The standard InChI is InChI=1S/C19H29BrN4O4S/c1-14(12-15-2-3-18(25)17(20)13-15)19(26)23-10-8-22(9-11-23)16-4-6-24(7-5-16)29(21,27)28/h2-3,13-14,16,25H,4-12H2,1H3,(H2,21,27,28). The van der Waals surface area contributed by atoms with E-state index in [4.69, 9.17) is 5.14 Å². The second-order valence-electron chi connectivity index (χ2n) is 7.93. The lowest BCUT2D eigenvalue weighted by Crippen LogP contribution is -2.55. The molecule has 1 unspecified atom stereocenters. The molecule has 0 bridgehead atoms. The number of carbonyl (C=O) groups is 1. The fourth-order valence-corrected chi connectivity index (χ4v) is 5.35. The van der Waals surface area contributed by atoms with Crippen LogP contribution in [0.2, 0.25) is 0 Å². The summed E-state index contributed by atoms with van der Waals surface area (Å²) in [6.07, 6.45) is 2.18. The van der Waals surface area contributed by atoms with Gasteiger partial charge in [0.15, 0.2) is 0 Å². The third-order valence-corrected chi connectivity index (χ3v) is 7.62. The van der Waals surface area contributed by atoms with E-state index < -0.39 is 10.2 Å². The van der Waals surface area contributed by atoms with Crippen molar-refractivity contribution < 1.29 is 18.3 Å². The van der Waals surface area contributed by atoms with Gasteiger partial charge in [0.1, 0.15) is 5.75 Å². The number of benzene rings is 1. The molecule has 0 radical (unpaired) electrons.